The highest BCUT2D eigenvalue weighted by Gasteiger charge is 2.29. The number of carbonyl (C=O) groups excluding carboxylic acids is 2. The molecule has 2 fully saturated rings. The smallest absolute Gasteiger partial charge is 0.321 e. The van der Waals surface area contributed by atoms with Gasteiger partial charge in [-0.2, -0.15) is 0 Å². The van der Waals surface area contributed by atoms with Crippen molar-refractivity contribution in [2.24, 2.45) is 5.92 Å². The Bertz CT molecular complexity index is 594. The van der Waals surface area contributed by atoms with Crippen molar-refractivity contribution < 1.29 is 9.59 Å². The minimum atomic E-state index is -0.105. The first-order chi connectivity index (χ1) is 11.6. The van der Waals surface area contributed by atoms with Gasteiger partial charge in [0.2, 0.25) is 5.91 Å². The van der Waals surface area contributed by atoms with Crippen LogP contribution in [0.1, 0.15) is 32.1 Å². The Labute approximate surface area is 151 Å². The molecule has 6 heteroatoms. The Morgan fingerprint density at radius 1 is 0.958 bits per heavy atom. The van der Waals surface area contributed by atoms with Crippen LogP contribution in [0.2, 0.25) is 0 Å². The average Bonchev–Trinajstić information content (AvgIpc) is 2.64. The van der Waals surface area contributed by atoms with Gasteiger partial charge in [-0.25, -0.2) is 4.79 Å². The fourth-order valence-electron chi connectivity index (χ4n) is 3.49. The van der Waals surface area contributed by atoms with Crippen LogP contribution in [0.25, 0.3) is 0 Å². The zero-order valence-electron chi connectivity index (χ0n) is 13.8. The van der Waals surface area contributed by atoms with Gasteiger partial charge in [-0.15, -0.1) is 0 Å². The molecule has 0 aromatic heterocycles. The Morgan fingerprint density at radius 2 is 1.58 bits per heavy atom. The molecule has 1 aromatic carbocycles. The lowest BCUT2D eigenvalue weighted by atomic mass is 9.88. The van der Waals surface area contributed by atoms with Gasteiger partial charge in [0.25, 0.3) is 0 Å². The van der Waals surface area contributed by atoms with E-state index in [2.05, 4.69) is 21.2 Å². The maximum Gasteiger partial charge on any atom is 0.321 e. The van der Waals surface area contributed by atoms with Gasteiger partial charge in [-0.1, -0.05) is 31.4 Å². The van der Waals surface area contributed by atoms with Crippen molar-refractivity contribution >= 4 is 33.6 Å². The number of rotatable bonds is 2. The summed E-state index contributed by atoms with van der Waals surface area (Å²) in [4.78, 5) is 28.7. The largest absolute Gasteiger partial charge is 0.339 e. The molecule has 0 bridgehead atoms. The lowest BCUT2D eigenvalue weighted by Gasteiger charge is -2.37. The highest BCUT2D eigenvalue weighted by molar-refractivity contribution is 9.10. The summed E-state index contributed by atoms with van der Waals surface area (Å²) >= 11 is 3.44. The molecule has 1 aliphatic heterocycles. The molecule has 2 aliphatic rings. The lowest BCUT2D eigenvalue weighted by Crippen LogP contribution is -2.53. The van der Waals surface area contributed by atoms with Crippen LogP contribution < -0.4 is 5.32 Å². The molecule has 3 rings (SSSR count). The topological polar surface area (TPSA) is 52.7 Å². The Kier molecular flexibility index (Phi) is 5.76. The summed E-state index contributed by atoms with van der Waals surface area (Å²) in [7, 11) is 0. The first-order valence-corrected chi connectivity index (χ1v) is 9.53. The summed E-state index contributed by atoms with van der Waals surface area (Å²) < 4.78 is 0.865. The summed E-state index contributed by atoms with van der Waals surface area (Å²) in [6.07, 6.45) is 5.66. The number of anilines is 1. The quantitative estimate of drug-likeness (QED) is 0.832. The normalized spacial score (nSPS) is 19.2. The fourth-order valence-corrected chi connectivity index (χ4v) is 3.88. The van der Waals surface area contributed by atoms with Crippen molar-refractivity contribution in [3.8, 4) is 0 Å². The molecule has 24 heavy (non-hydrogen) atoms. The van der Waals surface area contributed by atoms with Gasteiger partial charge in [-0.05, 0) is 40.9 Å². The van der Waals surface area contributed by atoms with E-state index in [0.29, 0.717) is 32.1 Å². The standard InChI is InChI=1S/C18H24BrN3O2/c19-15-8-4-5-9-16(15)20-18(24)22-12-10-21(11-13-22)17(23)14-6-2-1-3-7-14/h4-5,8-9,14H,1-3,6-7,10-13H2,(H,20,24). The molecule has 1 saturated carbocycles. The Balaban J connectivity index is 1.50. The molecule has 1 aliphatic carbocycles. The first kappa shape index (κ1) is 17.3. The molecule has 0 radical (unpaired) electrons. The van der Waals surface area contributed by atoms with Crippen molar-refractivity contribution in [3.63, 3.8) is 0 Å². The second-order valence-corrected chi connectivity index (χ2v) is 7.41. The van der Waals surface area contributed by atoms with E-state index in [1.807, 2.05) is 29.2 Å². The van der Waals surface area contributed by atoms with Gasteiger partial charge >= 0.3 is 6.03 Å². The number of piperazine rings is 1. The van der Waals surface area contributed by atoms with Crippen molar-refractivity contribution in [2.45, 2.75) is 32.1 Å². The van der Waals surface area contributed by atoms with Crippen LogP contribution in [0.3, 0.4) is 0 Å². The van der Waals surface area contributed by atoms with Crippen LogP contribution >= 0.6 is 15.9 Å². The SMILES string of the molecule is O=C(Nc1ccccc1Br)N1CCN(C(=O)C2CCCCC2)CC1. The van der Waals surface area contributed by atoms with Gasteiger partial charge < -0.3 is 15.1 Å². The zero-order valence-corrected chi connectivity index (χ0v) is 15.4. The molecular formula is C18H24BrN3O2. The lowest BCUT2D eigenvalue weighted by molar-refractivity contribution is -0.137. The van der Waals surface area contributed by atoms with Crippen LogP contribution in [0.5, 0.6) is 0 Å². The summed E-state index contributed by atoms with van der Waals surface area (Å²) in [6.45, 7) is 2.46. The third-order valence-corrected chi connectivity index (χ3v) is 5.64. The van der Waals surface area contributed by atoms with Gasteiger partial charge in [0.1, 0.15) is 0 Å². The van der Waals surface area contributed by atoms with Crippen molar-refractivity contribution in [1.82, 2.24) is 9.80 Å². The number of nitrogens with zero attached hydrogens (tertiary/aromatic N) is 2. The maximum atomic E-state index is 12.6. The van der Waals surface area contributed by atoms with E-state index in [4.69, 9.17) is 0 Å². The third kappa shape index (κ3) is 4.09. The van der Waals surface area contributed by atoms with E-state index < -0.39 is 0 Å². The number of hydrogen-bond donors (Lipinski definition) is 1. The fraction of sp³-hybridized carbons (Fsp3) is 0.556. The molecule has 1 aromatic rings. The van der Waals surface area contributed by atoms with E-state index >= 15 is 0 Å². The number of para-hydroxylation sites is 1. The van der Waals surface area contributed by atoms with Gasteiger partial charge in [0, 0.05) is 36.6 Å². The minimum absolute atomic E-state index is 0.105. The summed E-state index contributed by atoms with van der Waals surface area (Å²) in [5, 5.41) is 2.92. The number of urea groups is 1. The van der Waals surface area contributed by atoms with Crippen LogP contribution in [0.15, 0.2) is 28.7 Å². The van der Waals surface area contributed by atoms with Crippen LogP contribution in [0, 0.1) is 5.92 Å². The van der Waals surface area contributed by atoms with Gasteiger partial charge in [0.05, 0.1) is 5.69 Å². The first-order valence-electron chi connectivity index (χ1n) is 8.74. The molecule has 1 saturated heterocycles. The van der Waals surface area contributed by atoms with Crippen LogP contribution in [0.4, 0.5) is 10.5 Å². The maximum absolute atomic E-state index is 12.6. The Morgan fingerprint density at radius 3 is 2.25 bits per heavy atom. The molecule has 0 atom stereocenters. The highest BCUT2D eigenvalue weighted by Crippen LogP contribution is 2.26. The van der Waals surface area contributed by atoms with E-state index in [9.17, 15) is 9.59 Å². The number of nitrogens with one attached hydrogen (secondary N) is 1. The van der Waals surface area contributed by atoms with Gasteiger partial charge in [-0.3, -0.25) is 4.79 Å². The molecule has 5 nitrogen and oxygen atoms in total. The predicted molar refractivity (Wildman–Crippen MR) is 97.9 cm³/mol. The molecule has 1 N–H and O–H groups in total. The van der Waals surface area contributed by atoms with E-state index in [0.717, 1.165) is 23.0 Å². The van der Waals surface area contributed by atoms with Crippen molar-refractivity contribution in [3.05, 3.63) is 28.7 Å². The number of benzene rings is 1. The summed E-state index contributed by atoms with van der Waals surface area (Å²) in [6, 6.07) is 7.46. The molecule has 130 valence electrons. The average molecular weight is 394 g/mol. The zero-order chi connectivity index (χ0) is 16.9. The number of hydrogen-bond acceptors (Lipinski definition) is 2. The number of amides is 3. The second kappa shape index (κ2) is 8.01. The number of carbonyl (C=O) groups is 2. The minimum Gasteiger partial charge on any atom is -0.339 e. The van der Waals surface area contributed by atoms with Crippen molar-refractivity contribution in [2.75, 3.05) is 31.5 Å². The van der Waals surface area contributed by atoms with Crippen LogP contribution in [-0.2, 0) is 4.79 Å². The second-order valence-electron chi connectivity index (χ2n) is 6.56. The van der Waals surface area contributed by atoms with E-state index in [1.165, 1.54) is 19.3 Å². The summed E-state index contributed by atoms with van der Waals surface area (Å²) in [5.74, 6) is 0.500. The van der Waals surface area contributed by atoms with Gasteiger partial charge in [0.15, 0.2) is 0 Å². The summed E-state index contributed by atoms with van der Waals surface area (Å²) in [5.41, 5.74) is 0.767. The third-order valence-electron chi connectivity index (χ3n) is 4.95. The highest BCUT2D eigenvalue weighted by atomic mass is 79.9. The molecular weight excluding hydrogens is 370 g/mol. The molecule has 1 heterocycles. The van der Waals surface area contributed by atoms with Crippen molar-refractivity contribution in [1.29, 1.82) is 0 Å². The molecule has 3 amide bonds. The molecule has 0 spiro atoms. The van der Waals surface area contributed by atoms with E-state index in [1.54, 1.807) is 4.90 Å². The van der Waals surface area contributed by atoms with E-state index in [-0.39, 0.29) is 11.9 Å². The van der Waals surface area contributed by atoms with Crippen LogP contribution in [-0.4, -0.2) is 47.9 Å². The monoisotopic (exact) mass is 393 g/mol. The predicted octanol–water partition coefficient (Wildman–Crippen LogP) is 3.71. The number of halogens is 1. The Hall–Kier alpha value is -1.56. The molecule has 0 unspecified atom stereocenters.